The van der Waals surface area contributed by atoms with Crippen LogP contribution in [0.5, 0.6) is 0 Å². The zero-order valence-electron chi connectivity index (χ0n) is 8.78. The van der Waals surface area contributed by atoms with Gasteiger partial charge in [0, 0.05) is 26.0 Å². The van der Waals surface area contributed by atoms with Gasteiger partial charge in [-0.05, 0) is 13.0 Å². The molecule has 0 spiro atoms. The molecule has 0 amide bonds. The van der Waals surface area contributed by atoms with Gasteiger partial charge in [0.15, 0.2) is 11.4 Å². The van der Waals surface area contributed by atoms with Crippen molar-refractivity contribution in [3.63, 3.8) is 0 Å². The fourth-order valence-corrected chi connectivity index (χ4v) is 1.28. The first-order valence-corrected chi connectivity index (χ1v) is 16.0. The molecule has 1 aromatic heterocycles. The summed E-state index contributed by atoms with van der Waals surface area (Å²) in [6, 6.07) is 6.36. The van der Waals surface area contributed by atoms with Crippen LogP contribution in [0.25, 0.3) is 0 Å². The third kappa shape index (κ3) is 9.31. The van der Waals surface area contributed by atoms with Gasteiger partial charge in [-0.3, -0.25) is 0 Å². The molecule has 0 saturated carbocycles. The van der Waals surface area contributed by atoms with Crippen molar-refractivity contribution in [3.05, 3.63) is 29.6 Å². The first kappa shape index (κ1) is 16.6. The van der Waals surface area contributed by atoms with E-state index in [4.69, 9.17) is 0 Å². The van der Waals surface area contributed by atoms with Gasteiger partial charge in [-0.1, -0.05) is 0 Å². The maximum atomic E-state index is 3.27. The third-order valence-electron chi connectivity index (χ3n) is 1.84. The van der Waals surface area contributed by atoms with E-state index in [1.165, 1.54) is 11.4 Å². The minimum atomic E-state index is -1.38. The van der Waals surface area contributed by atoms with E-state index in [2.05, 4.69) is 100.0 Å². The first-order chi connectivity index (χ1) is 6.75. The van der Waals surface area contributed by atoms with Gasteiger partial charge >= 0.3 is 62.1 Å². The summed E-state index contributed by atoms with van der Waals surface area (Å²) in [6.45, 7) is 7.51. The van der Waals surface area contributed by atoms with Crippen LogP contribution in [-0.4, -0.2) is 0 Å². The summed E-state index contributed by atoms with van der Waals surface area (Å²) in [6.07, 6.45) is 0. The standard InChI is InChI=1S/C9H14N.4BrH.Mn/c1-4-10-8(2)6-5-7-9(10)3;;;;;/h5-7H,4H2,1-3H3;4*1H;/q+1;;;;;+4/p-4. The summed E-state index contributed by atoms with van der Waals surface area (Å²) >= 11 is 13.1. The Balaban J connectivity index is 0.000000336. The van der Waals surface area contributed by atoms with Crippen LogP contribution in [0, 0.1) is 13.8 Å². The number of hydrogen-bond donors (Lipinski definition) is 0. The summed E-state index contributed by atoms with van der Waals surface area (Å²) < 4.78 is 2.29. The Labute approximate surface area is 122 Å². The van der Waals surface area contributed by atoms with Crippen LogP contribution >= 0.6 is 56.4 Å². The number of rotatable bonds is 1. The van der Waals surface area contributed by atoms with Crippen molar-refractivity contribution in [2.75, 3.05) is 0 Å². The Morgan fingerprint density at radius 3 is 1.60 bits per heavy atom. The molecule has 0 radical (unpaired) electrons. The molecule has 0 bridgehead atoms. The Morgan fingerprint density at radius 2 is 1.40 bits per heavy atom. The van der Waals surface area contributed by atoms with Gasteiger partial charge in [-0.15, -0.1) is 0 Å². The molecule has 1 rings (SSSR count). The summed E-state index contributed by atoms with van der Waals surface area (Å²) in [4.78, 5) is 0. The second-order valence-corrected chi connectivity index (χ2v) is 38.6. The molecule has 0 aliphatic heterocycles. The zero-order valence-corrected chi connectivity index (χ0v) is 16.3. The zero-order chi connectivity index (χ0) is 12.1. The van der Waals surface area contributed by atoms with E-state index < -0.39 is 5.61 Å². The van der Waals surface area contributed by atoms with Gasteiger partial charge < -0.3 is 0 Å². The van der Waals surface area contributed by atoms with E-state index in [0.717, 1.165) is 6.54 Å². The van der Waals surface area contributed by atoms with Crippen molar-refractivity contribution >= 4 is 56.4 Å². The second-order valence-electron chi connectivity index (χ2n) is 2.88. The van der Waals surface area contributed by atoms with Crippen molar-refractivity contribution in [3.8, 4) is 0 Å². The molecule has 0 aromatic carbocycles. The van der Waals surface area contributed by atoms with Gasteiger partial charge in [0.2, 0.25) is 0 Å². The Morgan fingerprint density at radius 1 is 1.07 bits per heavy atom. The van der Waals surface area contributed by atoms with Crippen LogP contribution in [0.4, 0.5) is 0 Å². The van der Waals surface area contributed by atoms with Crippen molar-refractivity contribution in [2.45, 2.75) is 27.3 Å². The summed E-state index contributed by atoms with van der Waals surface area (Å²) in [5, 5.41) is 0. The molecule has 0 aliphatic carbocycles. The summed E-state index contributed by atoms with van der Waals surface area (Å²) in [7, 11) is 0. The molecule has 0 N–H and O–H groups in total. The second kappa shape index (κ2) is 7.83. The molecule has 1 heterocycles. The van der Waals surface area contributed by atoms with E-state index in [-0.39, 0.29) is 0 Å². The van der Waals surface area contributed by atoms with Crippen LogP contribution in [0.2, 0.25) is 0 Å². The van der Waals surface area contributed by atoms with Gasteiger partial charge in [0.05, 0.1) is 0 Å². The van der Waals surface area contributed by atoms with Crippen molar-refractivity contribution in [1.82, 2.24) is 0 Å². The fraction of sp³-hybridized carbons (Fsp3) is 0.444. The number of aromatic nitrogens is 1. The van der Waals surface area contributed by atoms with Crippen molar-refractivity contribution in [2.24, 2.45) is 0 Å². The van der Waals surface area contributed by atoms with Crippen LogP contribution in [0.3, 0.4) is 0 Å². The van der Waals surface area contributed by atoms with Crippen LogP contribution in [0.15, 0.2) is 18.2 Å². The molecule has 0 aliphatic rings. The molecule has 1 nitrogen and oxygen atoms in total. The topological polar surface area (TPSA) is 3.88 Å². The Kier molecular flexibility index (Phi) is 8.66. The average Bonchev–Trinajstić information content (AvgIpc) is 2.01. The van der Waals surface area contributed by atoms with Gasteiger partial charge in [-0.25, -0.2) is 4.57 Å². The number of pyridine rings is 1. The molecular formula is C9H14Br4MnN+. The molecular weight excluding hydrogens is 497 g/mol. The first-order valence-electron chi connectivity index (χ1n) is 4.29. The molecule has 1 aromatic rings. The molecule has 6 heteroatoms. The Hall–Kier alpha value is 1.59. The van der Waals surface area contributed by atoms with Crippen LogP contribution < -0.4 is 4.57 Å². The number of aryl methyl sites for hydroxylation is 2. The van der Waals surface area contributed by atoms with E-state index in [9.17, 15) is 0 Å². The van der Waals surface area contributed by atoms with Gasteiger partial charge in [0.25, 0.3) is 0 Å². The molecule has 0 fully saturated rings. The number of halogens is 4. The predicted molar refractivity (Wildman–Crippen MR) is 77.5 cm³/mol. The maximum absolute atomic E-state index is 3.27. The Bertz CT molecular complexity index is 285. The van der Waals surface area contributed by atoms with Gasteiger partial charge in [-0.2, -0.15) is 0 Å². The predicted octanol–water partition coefficient (Wildman–Crippen LogP) is 4.99. The number of hydrogen-bond acceptors (Lipinski definition) is 0. The molecule has 15 heavy (non-hydrogen) atoms. The average molecular weight is 511 g/mol. The van der Waals surface area contributed by atoms with Crippen LogP contribution in [0.1, 0.15) is 18.3 Å². The molecule has 0 unspecified atom stereocenters. The minimum absolute atomic E-state index is 1.07. The molecule has 0 atom stereocenters. The van der Waals surface area contributed by atoms with E-state index in [1.807, 2.05) is 0 Å². The fourth-order valence-electron chi connectivity index (χ4n) is 1.28. The normalized spacial score (nSPS) is 11.7. The monoisotopic (exact) mass is 507 g/mol. The van der Waals surface area contributed by atoms with Gasteiger partial charge in [0.1, 0.15) is 6.54 Å². The SMILES string of the molecule is CC[n+]1c(C)cccc1C.[Br][Mn]([Br])([Br])[Br]. The molecule has 89 valence electrons. The third-order valence-corrected chi connectivity index (χ3v) is 1.84. The summed E-state index contributed by atoms with van der Waals surface area (Å²) in [5.74, 6) is 0. The quantitative estimate of drug-likeness (QED) is 0.370. The van der Waals surface area contributed by atoms with Crippen molar-refractivity contribution < 1.29 is 10.2 Å². The molecule has 0 saturated heterocycles. The van der Waals surface area contributed by atoms with E-state index in [1.54, 1.807) is 0 Å². The van der Waals surface area contributed by atoms with E-state index in [0.29, 0.717) is 0 Å². The van der Waals surface area contributed by atoms with E-state index >= 15 is 0 Å². The van der Waals surface area contributed by atoms with Crippen LogP contribution in [-0.2, 0) is 12.2 Å². The van der Waals surface area contributed by atoms with Crippen molar-refractivity contribution in [1.29, 1.82) is 0 Å². The number of nitrogens with zero attached hydrogens (tertiary/aromatic N) is 1. The summed E-state index contributed by atoms with van der Waals surface area (Å²) in [5.41, 5.74) is 1.30.